The summed E-state index contributed by atoms with van der Waals surface area (Å²) in [5, 5.41) is 0. The molecule has 1 aliphatic carbocycles. The molecular weight excluding hydrogens is 316 g/mol. The fraction of sp³-hybridized carbons (Fsp3) is 0.650. The summed E-state index contributed by atoms with van der Waals surface area (Å²) in [6, 6.07) is 8.52. The van der Waals surface area contributed by atoms with Gasteiger partial charge in [-0.05, 0) is 25.0 Å². The Morgan fingerprint density at radius 2 is 1.60 bits per heavy atom. The Hall–Kier alpha value is -1.43. The third kappa shape index (κ3) is 3.09. The highest BCUT2D eigenvalue weighted by molar-refractivity contribution is 5.88. The van der Waals surface area contributed by atoms with Crippen LogP contribution in [0.1, 0.15) is 25.0 Å². The van der Waals surface area contributed by atoms with Gasteiger partial charge in [-0.3, -0.25) is 9.69 Å². The molecule has 2 saturated heterocycles. The van der Waals surface area contributed by atoms with Crippen LogP contribution in [-0.4, -0.2) is 72.8 Å². The summed E-state index contributed by atoms with van der Waals surface area (Å²) in [6.45, 7) is 8.53. The van der Waals surface area contributed by atoms with E-state index in [9.17, 15) is 4.79 Å². The Labute approximate surface area is 149 Å². The first kappa shape index (κ1) is 17.0. The zero-order chi connectivity index (χ0) is 17.4. The normalized spacial score (nSPS) is 29.4. The van der Waals surface area contributed by atoms with Crippen LogP contribution in [0.5, 0.6) is 0 Å². The van der Waals surface area contributed by atoms with E-state index in [1.165, 1.54) is 11.1 Å². The number of carbonyl (C=O) groups excluding carboxylic acids is 1. The molecule has 0 saturated carbocycles. The van der Waals surface area contributed by atoms with Crippen LogP contribution in [0.25, 0.3) is 0 Å². The van der Waals surface area contributed by atoms with Gasteiger partial charge >= 0.3 is 0 Å². The zero-order valence-electron chi connectivity index (χ0n) is 15.2. The number of hydrogen-bond acceptors (Lipinski definition) is 4. The molecule has 5 heteroatoms. The number of fused-ring (bicyclic) bond motifs is 1. The Morgan fingerprint density at radius 3 is 2.16 bits per heavy atom. The summed E-state index contributed by atoms with van der Waals surface area (Å²) >= 11 is 0. The molecule has 1 aromatic carbocycles. The summed E-state index contributed by atoms with van der Waals surface area (Å²) in [5.74, 6) is 0.272. The number of benzene rings is 1. The molecule has 4 rings (SSSR count). The summed E-state index contributed by atoms with van der Waals surface area (Å²) in [4.78, 5) is 18.1. The van der Waals surface area contributed by atoms with Crippen molar-refractivity contribution in [1.82, 2.24) is 9.80 Å². The van der Waals surface area contributed by atoms with E-state index in [0.29, 0.717) is 26.3 Å². The molecule has 5 nitrogen and oxygen atoms in total. The van der Waals surface area contributed by atoms with Gasteiger partial charge in [0, 0.05) is 39.0 Å². The first-order valence-electron chi connectivity index (χ1n) is 9.43. The van der Waals surface area contributed by atoms with Crippen molar-refractivity contribution in [2.75, 3.05) is 39.4 Å². The maximum Gasteiger partial charge on any atom is 0.243 e. The lowest BCUT2D eigenvalue weighted by molar-refractivity contribution is -0.158. The Morgan fingerprint density at radius 1 is 1.04 bits per heavy atom. The molecule has 2 fully saturated rings. The minimum atomic E-state index is -0.465. The van der Waals surface area contributed by atoms with E-state index in [1.807, 2.05) is 4.90 Å². The predicted molar refractivity (Wildman–Crippen MR) is 95.6 cm³/mol. The minimum Gasteiger partial charge on any atom is -0.378 e. The highest BCUT2D eigenvalue weighted by atomic mass is 16.5. The number of carbonyl (C=O) groups is 1. The molecule has 25 heavy (non-hydrogen) atoms. The van der Waals surface area contributed by atoms with Crippen molar-refractivity contribution >= 4 is 5.91 Å². The van der Waals surface area contributed by atoms with E-state index < -0.39 is 5.54 Å². The smallest absolute Gasteiger partial charge is 0.243 e. The molecule has 2 heterocycles. The quantitative estimate of drug-likeness (QED) is 0.815. The van der Waals surface area contributed by atoms with Crippen LogP contribution >= 0.6 is 0 Å². The second-order valence-electron chi connectivity index (χ2n) is 7.72. The number of rotatable bonds is 2. The fourth-order valence-electron chi connectivity index (χ4n) is 4.69. The lowest BCUT2D eigenvalue weighted by Crippen LogP contribution is -2.66. The molecule has 0 unspecified atom stereocenters. The number of amides is 1. The first-order chi connectivity index (χ1) is 12.1. The number of morpholine rings is 2. The van der Waals surface area contributed by atoms with Gasteiger partial charge in [0.2, 0.25) is 5.91 Å². The van der Waals surface area contributed by atoms with E-state index in [-0.39, 0.29) is 18.1 Å². The molecule has 1 aromatic rings. The predicted octanol–water partition coefficient (Wildman–Crippen LogP) is 1.49. The first-order valence-corrected chi connectivity index (χ1v) is 9.43. The molecule has 0 spiro atoms. The van der Waals surface area contributed by atoms with E-state index in [4.69, 9.17) is 9.47 Å². The zero-order valence-corrected chi connectivity index (χ0v) is 15.2. The molecule has 0 aromatic heterocycles. The van der Waals surface area contributed by atoms with E-state index in [2.05, 4.69) is 43.0 Å². The van der Waals surface area contributed by atoms with E-state index >= 15 is 0 Å². The van der Waals surface area contributed by atoms with Crippen LogP contribution < -0.4 is 0 Å². The highest BCUT2D eigenvalue weighted by Crippen LogP contribution is 2.38. The summed E-state index contributed by atoms with van der Waals surface area (Å²) in [6.07, 6.45) is 1.92. The van der Waals surface area contributed by atoms with Gasteiger partial charge in [0.1, 0.15) is 5.54 Å². The molecule has 0 bridgehead atoms. The Balaban J connectivity index is 1.68. The lowest BCUT2D eigenvalue weighted by Gasteiger charge is -2.48. The average Bonchev–Trinajstić information content (AvgIpc) is 3.02. The maximum atomic E-state index is 13.7. The van der Waals surface area contributed by atoms with Crippen molar-refractivity contribution in [3.05, 3.63) is 35.4 Å². The molecule has 2 atom stereocenters. The molecule has 0 N–H and O–H groups in total. The van der Waals surface area contributed by atoms with Crippen LogP contribution in [0.3, 0.4) is 0 Å². The third-order valence-electron chi connectivity index (χ3n) is 5.81. The topological polar surface area (TPSA) is 42.0 Å². The van der Waals surface area contributed by atoms with Gasteiger partial charge < -0.3 is 14.4 Å². The van der Waals surface area contributed by atoms with Gasteiger partial charge in [-0.1, -0.05) is 24.3 Å². The van der Waals surface area contributed by atoms with Crippen molar-refractivity contribution in [3.8, 4) is 0 Å². The number of nitrogens with zero attached hydrogens (tertiary/aromatic N) is 2. The molecule has 136 valence electrons. The number of hydrogen-bond donors (Lipinski definition) is 0. The second-order valence-corrected chi connectivity index (χ2v) is 7.72. The van der Waals surface area contributed by atoms with Crippen LogP contribution in [0.4, 0.5) is 0 Å². The van der Waals surface area contributed by atoms with Crippen molar-refractivity contribution in [2.45, 2.75) is 44.4 Å². The molecule has 3 aliphatic rings. The van der Waals surface area contributed by atoms with Crippen LogP contribution in [0.15, 0.2) is 24.3 Å². The third-order valence-corrected chi connectivity index (χ3v) is 5.81. The van der Waals surface area contributed by atoms with Gasteiger partial charge in [0.15, 0.2) is 0 Å². The lowest BCUT2D eigenvalue weighted by atomic mass is 9.89. The van der Waals surface area contributed by atoms with Crippen LogP contribution in [-0.2, 0) is 27.1 Å². The molecule has 1 amide bonds. The van der Waals surface area contributed by atoms with Gasteiger partial charge in [-0.25, -0.2) is 0 Å². The number of ether oxygens (including phenoxy) is 2. The minimum absolute atomic E-state index is 0.154. The van der Waals surface area contributed by atoms with Crippen molar-refractivity contribution < 1.29 is 14.3 Å². The Kier molecular flexibility index (Phi) is 4.56. The van der Waals surface area contributed by atoms with Crippen molar-refractivity contribution in [1.29, 1.82) is 0 Å². The standard InChI is InChI=1S/C20H28N2O3/c1-15-13-22(14-16(2)25-15)20(19(23)21-7-9-24-10-8-21)11-17-5-3-4-6-18(17)12-20/h3-6,15-16H,7-14H2,1-2H3/t15-,16+. The van der Waals surface area contributed by atoms with Gasteiger partial charge in [0.05, 0.1) is 25.4 Å². The van der Waals surface area contributed by atoms with Gasteiger partial charge in [-0.2, -0.15) is 0 Å². The second kappa shape index (κ2) is 6.71. The average molecular weight is 344 g/mol. The molecule has 0 radical (unpaired) electrons. The molecule has 2 aliphatic heterocycles. The summed E-state index contributed by atoms with van der Waals surface area (Å²) < 4.78 is 11.4. The summed E-state index contributed by atoms with van der Waals surface area (Å²) in [5.41, 5.74) is 2.17. The monoisotopic (exact) mass is 344 g/mol. The maximum absolute atomic E-state index is 13.7. The fourth-order valence-corrected chi connectivity index (χ4v) is 4.69. The van der Waals surface area contributed by atoms with Crippen molar-refractivity contribution in [2.24, 2.45) is 0 Å². The largest absolute Gasteiger partial charge is 0.378 e. The Bertz CT molecular complexity index is 607. The summed E-state index contributed by atoms with van der Waals surface area (Å²) in [7, 11) is 0. The van der Waals surface area contributed by atoms with Crippen LogP contribution in [0, 0.1) is 0 Å². The highest BCUT2D eigenvalue weighted by Gasteiger charge is 2.51. The van der Waals surface area contributed by atoms with Crippen molar-refractivity contribution in [3.63, 3.8) is 0 Å². The van der Waals surface area contributed by atoms with E-state index in [1.54, 1.807) is 0 Å². The van der Waals surface area contributed by atoms with Gasteiger partial charge in [0.25, 0.3) is 0 Å². The van der Waals surface area contributed by atoms with Crippen LogP contribution in [0.2, 0.25) is 0 Å². The molecular formula is C20H28N2O3. The SMILES string of the molecule is C[C@@H]1CN(C2(C(=O)N3CCOCC3)Cc3ccccc3C2)C[C@H](C)O1. The van der Waals surface area contributed by atoms with Gasteiger partial charge in [-0.15, -0.1) is 0 Å². The van der Waals surface area contributed by atoms with E-state index in [0.717, 1.165) is 25.9 Å².